The Kier molecular flexibility index (Phi) is 6.14. The number of alkyl halides is 6. The van der Waals surface area contributed by atoms with Gasteiger partial charge in [0.25, 0.3) is 5.88 Å². The van der Waals surface area contributed by atoms with Crippen LogP contribution in [0.5, 0.6) is 5.88 Å². The van der Waals surface area contributed by atoms with Gasteiger partial charge in [0.05, 0.1) is 23.7 Å². The average Bonchev–Trinajstić information content (AvgIpc) is 2.70. The number of hydrogen-bond donors (Lipinski definition) is 0. The quantitative estimate of drug-likeness (QED) is 0.280. The zero-order valence-electron chi connectivity index (χ0n) is 16.2. The number of carbonyl (C=O) groups excluding carboxylic acids is 1. The van der Waals surface area contributed by atoms with Gasteiger partial charge in [0.15, 0.2) is 5.82 Å². The molecule has 1 aliphatic heterocycles. The summed E-state index contributed by atoms with van der Waals surface area (Å²) in [6, 6.07) is 1.24. The first kappa shape index (κ1) is 23.8. The first-order chi connectivity index (χ1) is 14.7. The van der Waals surface area contributed by atoms with Crippen molar-refractivity contribution in [3.63, 3.8) is 0 Å². The van der Waals surface area contributed by atoms with Crippen LogP contribution in [0.25, 0.3) is 11.0 Å². The van der Waals surface area contributed by atoms with Crippen LogP contribution in [0, 0.1) is 0 Å². The highest BCUT2D eigenvalue weighted by Gasteiger charge is 2.50. The molecule has 176 valence electrons. The van der Waals surface area contributed by atoms with Crippen molar-refractivity contribution < 1.29 is 48.5 Å². The number of carbonyl (C=O) groups is 1. The number of nitrogens with zero attached hydrogens (tertiary/aromatic N) is 3. The van der Waals surface area contributed by atoms with Crippen LogP contribution in [0.15, 0.2) is 18.2 Å². The number of hydrogen-bond acceptors (Lipinski definition) is 8. The summed E-state index contributed by atoms with van der Waals surface area (Å²) >= 11 is 0. The summed E-state index contributed by atoms with van der Waals surface area (Å²) in [4.78, 5) is 19.9. The monoisotopic (exact) mass is 487 g/mol. The van der Waals surface area contributed by atoms with E-state index in [0.29, 0.717) is 4.90 Å². The summed E-state index contributed by atoms with van der Waals surface area (Å²) in [7, 11) is -5.16. The van der Waals surface area contributed by atoms with Crippen molar-refractivity contribution in [1.82, 2.24) is 9.97 Å². The normalized spacial score (nSPS) is 18.0. The molecule has 1 aromatic heterocycles. The highest BCUT2D eigenvalue weighted by Crippen LogP contribution is 2.39. The average molecular weight is 487 g/mol. The molecule has 0 saturated carbocycles. The molecule has 2 aromatic rings. The Bertz CT molecular complexity index is 1140. The Balaban J connectivity index is 2.22. The lowest BCUT2D eigenvalue weighted by Crippen LogP contribution is -2.49. The summed E-state index contributed by atoms with van der Waals surface area (Å²) < 4.78 is 111. The molecule has 0 radical (unpaired) electrons. The van der Waals surface area contributed by atoms with Gasteiger partial charge in [-0.3, -0.25) is 0 Å². The molecule has 1 atom stereocenters. The van der Waals surface area contributed by atoms with Gasteiger partial charge in [-0.25, -0.2) is 14.8 Å². The van der Waals surface area contributed by atoms with Gasteiger partial charge in [0.1, 0.15) is 6.04 Å². The molecule has 1 fully saturated rings. The molecule has 0 bridgehead atoms. The molecule has 15 heteroatoms. The van der Waals surface area contributed by atoms with E-state index in [2.05, 4.69) is 18.9 Å². The summed E-state index contributed by atoms with van der Waals surface area (Å²) in [6.07, 6.45) is -4.76. The maximum atomic E-state index is 13.6. The molecule has 1 saturated heterocycles. The van der Waals surface area contributed by atoms with Crippen molar-refractivity contribution in [2.75, 3.05) is 18.6 Å². The van der Waals surface area contributed by atoms with Crippen LogP contribution >= 0.6 is 0 Å². The third-order valence-corrected chi connectivity index (χ3v) is 5.61. The maximum Gasteiger partial charge on any atom is 0.534 e. The second-order valence-electron chi connectivity index (χ2n) is 6.78. The molecule has 1 aliphatic rings. The van der Waals surface area contributed by atoms with Gasteiger partial charge in [0, 0.05) is 6.54 Å². The van der Waals surface area contributed by atoms with E-state index in [9.17, 15) is 39.6 Å². The van der Waals surface area contributed by atoms with Crippen LogP contribution in [0.4, 0.5) is 32.2 Å². The molecule has 0 N–H and O–H groups in total. The van der Waals surface area contributed by atoms with Crippen molar-refractivity contribution in [3.05, 3.63) is 23.8 Å². The number of halogens is 6. The Morgan fingerprint density at radius 3 is 2.38 bits per heavy atom. The van der Waals surface area contributed by atoms with Crippen molar-refractivity contribution >= 4 is 32.9 Å². The summed E-state index contributed by atoms with van der Waals surface area (Å²) in [5, 5.41) is 0. The first-order valence-electron chi connectivity index (χ1n) is 8.99. The predicted octanol–water partition coefficient (Wildman–Crippen LogP) is 3.57. The largest absolute Gasteiger partial charge is 0.534 e. The molecule has 3 rings (SSSR count). The van der Waals surface area contributed by atoms with E-state index < -0.39 is 51.9 Å². The van der Waals surface area contributed by atoms with Crippen LogP contribution < -0.4 is 9.08 Å². The van der Waals surface area contributed by atoms with Crippen LogP contribution in [-0.4, -0.2) is 55.7 Å². The molecule has 2 heterocycles. The SMILES string of the molecule is COC(=O)c1ccc2nc(OS(=O)(=O)C(F)(F)F)c(N3CCCCC3C(F)(F)F)nc2c1. The summed E-state index contributed by atoms with van der Waals surface area (Å²) in [5.74, 6) is -2.90. The summed E-state index contributed by atoms with van der Waals surface area (Å²) in [6.45, 7) is -0.288. The lowest BCUT2D eigenvalue weighted by atomic mass is 10.0. The predicted molar refractivity (Wildman–Crippen MR) is 97.5 cm³/mol. The first-order valence-corrected chi connectivity index (χ1v) is 10.4. The Morgan fingerprint density at radius 1 is 1.09 bits per heavy atom. The highest BCUT2D eigenvalue weighted by molar-refractivity contribution is 7.88. The third-order valence-electron chi connectivity index (χ3n) is 4.66. The van der Waals surface area contributed by atoms with E-state index in [1.165, 1.54) is 6.07 Å². The number of esters is 1. The molecule has 0 spiro atoms. The minimum Gasteiger partial charge on any atom is -0.465 e. The van der Waals surface area contributed by atoms with Gasteiger partial charge in [-0.15, -0.1) is 0 Å². The smallest absolute Gasteiger partial charge is 0.465 e. The number of piperidine rings is 1. The topological polar surface area (TPSA) is 98.7 Å². The number of anilines is 1. The fraction of sp³-hybridized carbons (Fsp3) is 0.471. The Hall–Kier alpha value is -2.84. The summed E-state index contributed by atoms with van der Waals surface area (Å²) in [5.41, 5.74) is -6.29. The van der Waals surface area contributed by atoms with Crippen LogP contribution in [0.2, 0.25) is 0 Å². The van der Waals surface area contributed by atoms with Gasteiger partial charge in [-0.2, -0.15) is 34.8 Å². The molecule has 1 unspecified atom stereocenters. The minimum absolute atomic E-state index is 0.0529. The molecule has 0 aliphatic carbocycles. The van der Waals surface area contributed by atoms with Gasteiger partial charge in [-0.1, -0.05) is 0 Å². The fourth-order valence-electron chi connectivity index (χ4n) is 3.19. The number of benzene rings is 1. The number of ether oxygens (including phenoxy) is 1. The van der Waals surface area contributed by atoms with Crippen molar-refractivity contribution in [1.29, 1.82) is 0 Å². The van der Waals surface area contributed by atoms with Crippen molar-refractivity contribution in [2.24, 2.45) is 0 Å². The van der Waals surface area contributed by atoms with Crippen LogP contribution in [0.3, 0.4) is 0 Å². The van der Waals surface area contributed by atoms with E-state index in [0.717, 1.165) is 19.2 Å². The molecular weight excluding hydrogens is 472 g/mol. The Labute approximate surface area is 177 Å². The maximum absolute atomic E-state index is 13.6. The van der Waals surface area contributed by atoms with Gasteiger partial charge >= 0.3 is 27.8 Å². The highest BCUT2D eigenvalue weighted by atomic mass is 32.2. The molecule has 0 amide bonds. The van der Waals surface area contributed by atoms with Gasteiger partial charge in [-0.05, 0) is 37.5 Å². The van der Waals surface area contributed by atoms with Gasteiger partial charge < -0.3 is 13.8 Å². The zero-order valence-corrected chi connectivity index (χ0v) is 17.0. The molecule has 32 heavy (non-hydrogen) atoms. The van der Waals surface area contributed by atoms with E-state index >= 15 is 0 Å². The van der Waals surface area contributed by atoms with Crippen molar-refractivity contribution in [2.45, 2.75) is 37.0 Å². The number of aromatic nitrogens is 2. The lowest BCUT2D eigenvalue weighted by molar-refractivity contribution is -0.152. The van der Waals surface area contributed by atoms with Gasteiger partial charge in [0.2, 0.25) is 0 Å². The number of rotatable bonds is 4. The van der Waals surface area contributed by atoms with E-state index in [1.807, 2.05) is 0 Å². The second kappa shape index (κ2) is 8.26. The van der Waals surface area contributed by atoms with Crippen LogP contribution in [-0.2, 0) is 14.9 Å². The Morgan fingerprint density at radius 2 is 1.78 bits per heavy atom. The third kappa shape index (κ3) is 4.66. The number of methoxy groups -OCH3 is 1. The van der Waals surface area contributed by atoms with E-state index in [4.69, 9.17) is 0 Å². The fourth-order valence-corrected chi connectivity index (χ4v) is 3.61. The minimum atomic E-state index is -6.24. The van der Waals surface area contributed by atoms with E-state index in [1.54, 1.807) is 0 Å². The number of fused-ring (bicyclic) bond motifs is 1. The zero-order chi connectivity index (χ0) is 23.9. The standard InChI is InChI=1S/C17H15F6N3O5S/c1-30-15(27)9-5-6-10-11(8-9)24-13(14(25-10)31-32(28,29)17(21,22)23)26-7-3-2-4-12(26)16(18,19)20/h5-6,8,12H,2-4,7H2,1H3. The molecular formula is C17H15F6N3O5S. The van der Waals surface area contributed by atoms with Crippen molar-refractivity contribution in [3.8, 4) is 5.88 Å². The molecule has 8 nitrogen and oxygen atoms in total. The van der Waals surface area contributed by atoms with E-state index in [-0.39, 0.29) is 36.0 Å². The second-order valence-corrected chi connectivity index (χ2v) is 8.32. The van der Waals surface area contributed by atoms with Crippen LogP contribution in [0.1, 0.15) is 29.6 Å². The lowest BCUT2D eigenvalue weighted by Gasteiger charge is -2.37. The molecule has 1 aromatic carbocycles.